The fraction of sp³-hybridized carbons (Fsp3) is 0.650. The lowest BCUT2D eigenvalue weighted by Crippen LogP contribution is -2.25. The third kappa shape index (κ3) is 7.17. The van der Waals surface area contributed by atoms with Crippen LogP contribution in [0.1, 0.15) is 53.0 Å². The van der Waals surface area contributed by atoms with Crippen molar-refractivity contribution in [3.8, 4) is 5.75 Å². The molecule has 2 rings (SSSR count). The maximum atomic E-state index is 11.8. The van der Waals surface area contributed by atoms with Crippen molar-refractivity contribution < 1.29 is 18.4 Å². The molecule has 1 aromatic carbocycles. The lowest BCUT2D eigenvalue weighted by Gasteiger charge is -2.17. The van der Waals surface area contributed by atoms with E-state index < -0.39 is 16.8 Å². The molecule has 0 aliphatic carbocycles. The third-order valence-electron chi connectivity index (χ3n) is 3.92. The monoisotopic (exact) mass is 381 g/mol. The first-order valence-electron chi connectivity index (χ1n) is 9.14. The van der Waals surface area contributed by atoms with Crippen molar-refractivity contribution in [3.63, 3.8) is 0 Å². The lowest BCUT2D eigenvalue weighted by molar-refractivity contribution is -0.141. The van der Waals surface area contributed by atoms with Gasteiger partial charge in [0.05, 0.1) is 11.4 Å². The summed E-state index contributed by atoms with van der Waals surface area (Å²) in [6.07, 6.45) is 4.52. The van der Waals surface area contributed by atoms with Crippen molar-refractivity contribution >= 4 is 17.2 Å². The zero-order chi connectivity index (χ0) is 19.2. The molecule has 146 valence electrons. The summed E-state index contributed by atoms with van der Waals surface area (Å²) in [6.45, 7) is 10.7. The molecular weight excluding hydrogens is 350 g/mol. The molecule has 1 aliphatic heterocycles. The van der Waals surface area contributed by atoms with Gasteiger partial charge >= 0.3 is 0 Å². The van der Waals surface area contributed by atoms with Crippen molar-refractivity contribution in [1.29, 1.82) is 0 Å². The topological polar surface area (TPSA) is 57.1 Å². The van der Waals surface area contributed by atoms with Crippen LogP contribution in [0.3, 0.4) is 0 Å². The van der Waals surface area contributed by atoms with E-state index in [2.05, 4.69) is 16.5 Å². The van der Waals surface area contributed by atoms with Crippen LogP contribution >= 0.6 is 0 Å². The quantitative estimate of drug-likeness (QED) is 0.503. The molecule has 1 heterocycles. The number of aryl methyl sites for hydroxylation is 1. The second-order valence-electron chi connectivity index (χ2n) is 7.95. The van der Waals surface area contributed by atoms with Gasteiger partial charge in [-0.1, -0.05) is 12.1 Å². The fourth-order valence-corrected chi connectivity index (χ4v) is 3.02. The van der Waals surface area contributed by atoms with E-state index in [1.807, 2.05) is 46.8 Å². The van der Waals surface area contributed by atoms with Gasteiger partial charge in [-0.15, -0.1) is 0 Å². The van der Waals surface area contributed by atoms with Crippen LogP contribution in [-0.4, -0.2) is 40.3 Å². The van der Waals surface area contributed by atoms with Crippen LogP contribution < -0.4 is 4.74 Å². The number of unbranched alkanes of at least 4 members (excludes halogenated alkanes) is 1. The molecule has 5 nitrogen and oxygen atoms in total. The fourth-order valence-electron chi connectivity index (χ4n) is 2.46. The average Bonchev–Trinajstić information content (AvgIpc) is 2.92. The molecule has 0 spiro atoms. The van der Waals surface area contributed by atoms with Crippen LogP contribution in [0.4, 0.5) is 0 Å². The van der Waals surface area contributed by atoms with E-state index in [0.717, 1.165) is 25.0 Å². The van der Waals surface area contributed by atoms with Crippen LogP contribution in [0.15, 0.2) is 28.7 Å². The molecular formula is C20H31NO4S. The predicted molar refractivity (Wildman–Crippen MR) is 106 cm³/mol. The SMILES string of the molecule is CC1(C)OC[C@@H](COc2ccc(CCCC=NS(=O)C(C)(C)C)cc2)O1. The van der Waals surface area contributed by atoms with Gasteiger partial charge in [0, 0.05) is 6.21 Å². The molecule has 1 aromatic rings. The van der Waals surface area contributed by atoms with E-state index >= 15 is 0 Å². The molecule has 0 radical (unpaired) electrons. The van der Waals surface area contributed by atoms with Gasteiger partial charge in [0.25, 0.3) is 0 Å². The summed E-state index contributed by atoms with van der Waals surface area (Å²) in [5, 5.41) is 0. The van der Waals surface area contributed by atoms with Crippen molar-refractivity contribution in [2.75, 3.05) is 13.2 Å². The molecule has 1 fully saturated rings. The Morgan fingerprint density at radius 3 is 2.58 bits per heavy atom. The third-order valence-corrected chi connectivity index (χ3v) is 5.31. The number of ether oxygens (including phenoxy) is 3. The lowest BCUT2D eigenvalue weighted by atomic mass is 10.1. The Balaban J connectivity index is 1.68. The van der Waals surface area contributed by atoms with Gasteiger partial charge in [-0.25, -0.2) is 4.21 Å². The van der Waals surface area contributed by atoms with Crippen molar-refractivity contribution in [2.24, 2.45) is 4.40 Å². The first-order chi connectivity index (χ1) is 12.2. The van der Waals surface area contributed by atoms with Gasteiger partial charge in [-0.2, -0.15) is 4.40 Å². The zero-order valence-corrected chi connectivity index (χ0v) is 17.3. The Kier molecular flexibility index (Phi) is 7.38. The largest absolute Gasteiger partial charge is 0.491 e. The molecule has 1 aliphatic rings. The molecule has 2 atom stereocenters. The number of hydrogen-bond acceptors (Lipinski definition) is 4. The highest BCUT2D eigenvalue weighted by molar-refractivity contribution is 7.85. The van der Waals surface area contributed by atoms with E-state index in [0.29, 0.717) is 13.2 Å². The number of benzene rings is 1. The average molecular weight is 382 g/mol. The Bertz CT molecular complexity index is 620. The van der Waals surface area contributed by atoms with Crippen LogP contribution in [0.5, 0.6) is 5.75 Å². The van der Waals surface area contributed by atoms with E-state index in [1.165, 1.54) is 5.56 Å². The molecule has 1 saturated heterocycles. The minimum absolute atomic E-state index is 0.0254. The zero-order valence-electron chi connectivity index (χ0n) is 16.5. The first kappa shape index (κ1) is 21.1. The summed E-state index contributed by atoms with van der Waals surface area (Å²) in [4.78, 5) is 0. The Morgan fingerprint density at radius 1 is 1.31 bits per heavy atom. The maximum Gasteiger partial charge on any atom is 0.163 e. The highest BCUT2D eigenvalue weighted by atomic mass is 32.2. The number of hydrogen-bond donors (Lipinski definition) is 0. The number of rotatable bonds is 8. The molecule has 26 heavy (non-hydrogen) atoms. The van der Waals surface area contributed by atoms with Gasteiger partial charge in [0.2, 0.25) is 0 Å². The van der Waals surface area contributed by atoms with Crippen LogP contribution in [0.2, 0.25) is 0 Å². The summed E-state index contributed by atoms with van der Waals surface area (Å²) < 4.78 is 32.7. The number of nitrogens with zero attached hydrogens (tertiary/aromatic N) is 1. The van der Waals surface area contributed by atoms with Crippen LogP contribution in [0, 0.1) is 0 Å². The minimum atomic E-state index is -1.16. The molecule has 0 amide bonds. The Labute approximate surface area is 159 Å². The van der Waals surface area contributed by atoms with Crippen LogP contribution in [0.25, 0.3) is 0 Å². The van der Waals surface area contributed by atoms with Gasteiger partial charge in [-0.3, -0.25) is 0 Å². The van der Waals surface area contributed by atoms with Gasteiger partial charge < -0.3 is 14.2 Å². The van der Waals surface area contributed by atoms with Crippen molar-refractivity contribution in [3.05, 3.63) is 29.8 Å². The molecule has 0 bridgehead atoms. The molecule has 0 aromatic heterocycles. The highest BCUT2D eigenvalue weighted by Crippen LogP contribution is 2.23. The molecule has 6 heteroatoms. The highest BCUT2D eigenvalue weighted by Gasteiger charge is 2.32. The van der Waals surface area contributed by atoms with Gasteiger partial charge in [0.1, 0.15) is 29.4 Å². The minimum Gasteiger partial charge on any atom is -0.491 e. The van der Waals surface area contributed by atoms with E-state index in [4.69, 9.17) is 14.2 Å². The summed E-state index contributed by atoms with van der Waals surface area (Å²) in [6, 6.07) is 8.13. The normalized spacial score (nSPS) is 21.2. The molecule has 0 saturated carbocycles. The van der Waals surface area contributed by atoms with Gasteiger partial charge in [-0.05, 0) is 71.6 Å². The Morgan fingerprint density at radius 2 is 2.00 bits per heavy atom. The van der Waals surface area contributed by atoms with E-state index in [-0.39, 0.29) is 10.9 Å². The standard InChI is InChI=1S/C20H31NO4S/c1-19(2,3)26(22)21-13-7-6-8-16-9-11-17(12-10-16)23-14-18-15-24-20(4,5)25-18/h9-13,18H,6-8,14-15H2,1-5H3/t18-,26?/m1/s1. The first-order valence-corrected chi connectivity index (χ1v) is 10.2. The second kappa shape index (κ2) is 9.11. The smallest absolute Gasteiger partial charge is 0.163 e. The summed E-state index contributed by atoms with van der Waals surface area (Å²) in [5.74, 6) is 0.324. The van der Waals surface area contributed by atoms with Crippen molar-refractivity contribution in [1.82, 2.24) is 0 Å². The second-order valence-corrected chi connectivity index (χ2v) is 9.88. The van der Waals surface area contributed by atoms with Crippen molar-refractivity contribution in [2.45, 2.75) is 70.5 Å². The maximum absolute atomic E-state index is 11.8. The summed E-state index contributed by atoms with van der Waals surface area (Å²) in [7, 11) is -1.16. The van der Waals surface area contributed by atoms with Crippen LogP contribution in [-0.2, 0) is 26.9 Å². The van der Waals surface area contributed by atoms with E-state index in [9.17, 15) is 4.21 Å². The molecule has 1 unspecified atom stereocenters. The predicted octanol–water partition coefficient (Wildman–Crippen LogP) is 4.07. The summed E-state index contributed by atoms with van der Waals surface area (Å²) >= 11 is 0. The van der Waals surface area contributed by atoms with Gasteiger partial charge in [0.15, 0.2) is 5.79 Å². The molecule has 0 N–H and O–H groups in total. The summed E-state index contributed by atoms with van der Waals surface area (Å²) in [5.41, 5.74) is 1.25. The van der Waals surface area contributed by atoms with E-state index in [1.54, 1.807) is 6.21 Å². The Hall–Kier alpha value is -1.24.